The Labute approximate surface area is 164 Å². The average Bonchev–Trinajstić information content (AvgIpc) is 3.25. The van der Waals surface area contributed by atoms with Crippen LogP contribution in [0.3, 0.4) is 0 Å². The summed E-state index contributed by atoms with van der Waals surface area (Å²) in [7, 11) is 0. The summed E-state index contributed by atoms with van der Waals surface area (Å²) >= 11 is 0. The molecule has 4 unspecified atom stereocenters. The zero-order valence-electron chi connectivity index (χ0n) is 13.6. The van der Waals surface area contributed by atoms with Crippen LogP contribution < -0.4 is 10.2 Å². The number of fused-ring (bicyclic) bond motifs is 2. The summed E-state index contributed by atoms with van der Waals surface area (Å²) in [5.74, 6) is -4.74. The van der Waals surface area contributed by atoms with Crippen molar-refractivity contribution in [2.24, 2.45) is 11.8 Å². The van der Waals surface area contributed by atoms with Crippen LogP contribution in [0.25, 0.3) is 11.4 Å². The third-order valence-electron chi connectivity index (χ3n) is 4.41. The van der Waals surface area contributed by atoms with Gasteiger partial charge in [0.05, 0.1) is 23.6 Å². The molecule has 8 heteroatoms. The van der Waals surface area contributed by atoms with Crippen LogP contribution in [-0.2, 0) is 35.4 Å². The SMILES string of the molecule is O=C([O-])C1C2CCC(O2)C1C(=O)[O-].[Pt+2].c1ccc(-c2ccccn2)nc1. The molecule has 2 bridgehead atoms. The molecular formula is C18H16N2O5Pt. The number of carboxylic acid groups (broad SMARTS) is 2. The molecule has 0 aliphatic carbocycles. The number of carboxylic acids is 2. The molecule has 4 rings (SSSR count). The Hall–Kier alpha value is -2.11. The molecule has 2 fully saturated rings. The molecule has 4 heterocycles. The van der Waals surface area contributed by atoms with E-state index in [9.17, 15) is 19.8 Å². The van der Waals surface area contributed by atoms with Crippen molar-refractivity contribution in [2.75, 3.05) is 0 Å². The zero-order chi connectivity index (χ0) is 17.8. The maximum atomic E-state index is 10.6. The van der Waals surface area contributed by atoms with E-state index in [1.807, 2.05) is 36.4 Å². The second kappa shape index (κ2) is 9.01. The van der Waals surface area contributed by atoms with Gasteiger partial charge in [-0.3, -0.25) is 9.97 Å². The number of nitrogens with zero attached hydrogens (tertiary/aromatic N) is 2. The molecule has 4 atom stereocenters. The number of carbonyl (C=O) groups is 2. The van der Waals surface area contributed by atoms with E-state index in [4.69, 9.17) is 4.74 Å². The van der Waals surface area contributed by atoms with E-state index in [1.54, 1.807) is 12.4 Å². The van der Waals surface area contributed by atoms with E-state index < -0.39 is 36.0 Å². The fourth-order valence-electron chi connectivity index (χ4n) is 3.31. The van der Waals surface area contributed by atoms with E-state index in [0.717, 1.165) is 11.4 Å². The topological polar surface area (TPSA) is 115 Å². The van der Waals surface area contributed by atoms with Crippen LogP contribution in [0, 0.1) is 11.8 Å². The summed E-state index contributed by atoms with van der Waals surface area (Å²) in [6, 6.07) is 11.6. The maximum absolute atomic E-state index is 10.6. The third-order valence-corrected chi connectivity index (χ3v) is 4.41. The number of rotatable bonds is 3. The van der Waals surface area contributed by atoms with E-state index in [2.05, 4.69) is 9.97 Å². The van der Waals surface area contributed by atoms with Gasteiger partial charge < -0.3 is 24.5 Å². The average molecular weight is 535 g/mol. The second-order valence-corrected chi connectivity index (χ2v) is 5.91. The monoisotopic (exact) mass is 535 g/mol. The van der Waals surface area contributed by atoms with Crippen molar-refractivity contribution in [1.82, 2.24) is 9.97 Å². The summed E-state index contributed by atoms with van der Waals surface area (Å²) in [5, 5.41) is 21.2. The molecule has 7 nitrogen and oxygen atoms in total. The van der Waals surface area contributed by atoms with Crippen LogP contribution in [0.1, 0.15) is 12.8 Å². The van der Waals surface area contributed by atoms with Gasteiger partial charge in [-0.05, 0) is 37.1 Å². The van der Waals surface area contributed by atoms with E-state index in [1.165, 1.54) is 0 Å². The van der Waals surface area contributed by atoms with E-state index >= 15 is 0 Å². The Morgan fingerprint density at radius 1 is 0.846 bits per heavy atom. The molecule has 138 valence electrons. The molecule has 0 N–H and O–H groups in total. The quantitative estimate of drug-likeness (QED) is 0.517. The first-order valence-corrected chi connectivity index (χ1v) is 7.97. The van der Waals surface area contributed by atoms with Crippen molar-refractivity contribution >= 4 is 11.9 Å². The molecule has 0 spiro atoms. The number of hydrogen-bond acceptors (Lipinski definition) is 7. The van der Waals surface area contributed by atoms with Crippen molar-refractivity contribution in [3.63, 3.8) is 0 Å². The maximum Gasteiger partial charge on any atom is 2.00 e. The summed E-state index contributed by atoms with van der Waals surface area (Å²) in [6.45, 7) is 0. The van der Waals surface area contributed by atoms with Gasteiger partial charge in [0.1, 0.15) is 0 Å². The first kappa shape index (κ1) is 20.2. The van der Waals surface area contributed by atoms with Crippen molar-refractivity contribution in [1.29, 1.82) is 0 Å². The minimum atomic E-state index is -1.35. The molecule has 26 heavy (non-hydrogen) atoms. The Kier molecular flexibility index (Phi) is 7.00. The predicted octanol–water partition coefficient (Wildman–Crippen LogP) is -0.579. The summed E-state index contributed by atoms with van der Waals surface area (Å²) in [4.78, 5) is 29.6. The van der Waals surface area contributed by atoms with Crippen molar-refractivity contribution < 1.29 is 45.6 Å². The fourth-order valence-corrected chi connectivity index (χ4v) is 3.31. The number of pyridine rings is 2. The molecule has 2 saturated heterocycles. The summed E-state index contributed by atoms with van der Waals surface area (Å²) in [5.41, 5.74) is 1.83. The summed E-state index contributed by atoms with van der Waals surface area (Å²) < 4.78 is 5.18. The van der Waals surface area contributed by atoms with Crippen LogP contribution in [0.4, 0.5) is 0 Å². The van der Waals surface area contributed by atoms with E-state index in [-0.39, 0.29) is 21.1 Å². The van der Waals surface area contributed by atoms with Crippen molar-refractivity contribution in [3.05, 3.63) is 48.8 Å². The number of aliphatic carboxylic acids is 2. The predicted molar refractivity (Wildman–Crippen MR) is 82.4 cm³/mol. The number of aromatic nitrogens is 2. The first-order valence-electron chi connectivity index (χ1n) is 7.97. The molecule has 0 aromatic carbocycles. The van der Waals surface area contributed by atoms with Crippen LogP contribution in [0.5, 0.6) is 0 Å². The Morgan fingerprint density at radius 3 is 1.58 bits per heavy atom. The fraction of sp³-hybridized carbons (Fsp3) is 0.333. The molecular weight excluding hydrogens is 519 g/mol. The van der Waals surface area contributed by atoms with Gasteiger partial charge in [-0.1, -0.05) is 12.1 Å². The molecule has 2 aromatic heterocycles. The van der Waals surface area contributed by atoms with Crippen molar-refractivity contribution in [2.45, 2.75) is 25.0 Å². The van der Waals surface area contributed by atoms with Gasteiger partial charge in [-0.15, -0.1) is 0 Å². The minimum absolute atomic E-state index is 0. The molecule has 0 radical (unpaired) electrons. The normalized spacial score (nSPS) is 25.5. The number of carbonyl (C=O) groups excluding carboxylic acids is 2. The van der Waals surface area contributed by atoms with Crippen LogP contribution in [0.15, 0.2) is 48.8 Å². The molecule has 0 saturated carbocycles. The molecule has 2 aliphatic rings. The number of ether oxygens (including phenoxy) is 1. The van der Waals surface area contributed by atoms with Crippen LogP contribution in [0.2, 0.25) is 0 Å². The van der Waals surface area contributed by atoms with Gasteiger partial charge >= 0.3 is 21.1 Å². The largest absolute Gasteiger partial charge is 2.00 e. The second-order valence-electron chi connectivity index (χ2n) is 5.91. The van der Waals surface area contributed by atoms with Crippen LogP contribution >= 0.6 is 0 Å². The van der Waals surface area contributed by atoms with Gasteiger partial charge in [0.2, 0.25) is 0 Å². The molecule has 0 amide bonds. The van der Waals surface area contributed by atoms with Gasteiger partial charge in [-0.2, -0.15) is 0 Å². The van der Waals surface area contributed by atoms with Gasteiger partial charge in [0.15, 0.2) is 0 Å². The van der Waals surface area contributed by atoms with Gasteiger partial charge in [0.25, 0.3) is 0 Å². The van der Waals surface area contributed by atoms with Crippen LogP contribution in [-0.4, -0.2) is 34.1 Å². The minimum Gasteiger partial charge on any atom is -0.550 e. The smallest absolute Gasteiger partial charge is 0.550 e. The van der Waals surface area contributed by atoms with Crippen molar-refractivity contribution in [3.8, 4) is 11.4 Å². The standard InChI is InChI=1S/C10H8N2.C8H10O5.Pt/c1-3-7-11-9(5-1)10-6-2-4-8-12-10;9-7(10)5-3-1-2-4(13-3)6(5)8(11)12;/h1-8H;3-6H,1-2H2,(H,9,10)(H,11,12);/q;;+2/p-2. The third kappa shape index (κ3) is 4.34. The van der Waals surface area contributed by atoms with Gasteiger partial charge in [0, 0.05) is 36.2 Å². The Morgan fingerprint density at radius 2 is 1.27 bits per heavy atom. The van der Waals surface area contributed by atoms with Gasteiger partial charge in [-0.25, -0.2) is 0 Å². The molecule has 2 aromatic rings. The first-order chi connectivity index (χ1) is 12.1. The van der Waals surface area contributed by atoms with E-state index in [0.29, 0.717) is 12.8 Å². The molecule has 2 aliphatic heterocycles. The Balaban J connectivity index is 0.000000180. The number of hydrogen-bond donors (Lipinski definition) is 0. The zero-order valence-corrected chi connectivity index (χ0v) is 15.9. The summed E-state index contributed by atoms with van der Waals surface area (Å²) in [6.07, 6.45) is 3.77. The Bertz CT molecular complexity index is 680.